The van der Waals surface area contributed by atoms with Crippen LogP contribution in [0.4, 0.5) is 0 Å². The lowest BCUT2D eigenvalue weighted by atomic mass is 10.1. The first-order chi connectivity index (χ1) is 8.88. The van der Waals surface area contributed by atoms with Crippen molar-refractivity contribution in [1.29, 1.82) is 0 Å². The van der Waals surface area contributed by atoms with Crippen molar-refractivity contribution in [1.82, 2.24) is 4.90 Å². The second kappa shape index (κ2) is 5.30. The fourth-order valence-electron chi connectivity index (χ4n) is 2.30. The lowest BCUT2D eigenvalue weighted by Gasteiger charge is -2.21. The number of benzene rings is 1. The maximum absolute atomic E-state index is 12.3. The Bertz CT molecular complexity index is 511. The number of carbonyl (C=O) groups is 2. The van der Waals surface area contributed by atoms with Crippen molar-refractivity contribution in [3.8, 4) is 0 Å². The van der Waals surface area contributed by atoms with E-state index in [1.165, 1.54) is 4.90 Å². The van der Waals surface area contributed by atoms with E-state index in [9.17, 15) is 14.7 Å². The van der Waals surface area contributed by atoms with Crippen molar-refractivity contribution in [2.75, 3.05) is 6.54 Å². The number of carboxylic acid groups (broad SMARTS) is 1. The summed E-state index contributed by atoms with van der Waals surface area (Å²) in [7, 11) is 0. The number of nitrogens with zero attached hydrogens (tertiary/aromatic N) is 1. The van der Waals surface area contributed by atoms with Crippen LogP contribution in [0.2, 0.25) is 0 Å². The highest BCUT2D eigenvalue weighted by Crippen LogP contribution is 2.23. The van der Waals surface area contributed by atoms with Crippen molar-refractivity contribution in [3.05, 3.63) is 33.8 Å². The molecular formula is C13H14BrNO4. The van der Waals surface area contributed by atoms with Gasteiger partial charge in [0, 0.05) is 23.0 Å². The Morgan fingerprint density at radius 1 is 1.37 bits per heavy atom. The zero-order valence-corrected chi connectivity index (χ0v) is 11.9. The third-order valence-electron chi connectivity index (χ3n) is 3.11. The number of aryl methyl sites for hydroxylation is 1. The summed E-state index contributed by atoms with van der Waals surface area (Å²) in [6.07, 6.45) is -0.702. The Hall–Kier alpha value is -1.40. The van der Waals surface area contributed by atoms with Crippen molar-refractivity contribution in [3.63, 3.8) is 0 Å². The molecule has 5 nitrogen and oxygen atoms in total. The summed E-state index contributed by atoms with van der Waals surface area (Å²) < 4.78 is 0.766. The molecule has 2 N–H and O–H groups in total. The highest BCUT2D eigenvalue weighted by atomic mass is 79.9. The fourth-order valence-corrected chi connectivity index (χ4v) is 2.91. The largest absolute Gasteiger partial charge is 0.480 e. The lowest BCUT2D eigenvalue weighted by Crippen LogP contribution is -2.40. The van der Waals surface area contributed by atoms with Crippen LogP contribution in [0.25, 0.3) is 0 Å². The smallest absolute Gasteiger partial charge is 0.326 e. The van der Waals surface area contributed by atoms with Crippen LogP contribution >= 0.6 is 15.9 Å². The minimum absolute atomic E-state index is 0.0569. The van der Waals surface area contributed by atoms with Gasteiger partial charge < -0.3 is 15.1 Å². The van der Waals surface area contributed by atoms with Crippen LogP contribution in [0.5, 0.6) is 0 Å². The first-order valence-electron chi connectivity index (χ1n) is 5.87. The van der Waals surface area contributed by atoms with Crippen LogP contribution in [0.3, 0.4) is 0 Å². The second-order valence-electron chi connectivity index (χ2n) is 4.72. The number of hydrogen-bond donors (Lipinski definition) is 2. The van der Waals surface area contributed by atoms with Gasteiger partial charge in [-0.05, 0) is 30.7 Å². The van der Waals surface area contributed by atoms with Crippen molar-refractivity contribution < 1.29 is 19.8 Å². The molecule has 1 aliphatic heterocycles. The topological polar surface area (TPSA) is 77.8 Å². The molecule has 1 saturated heterocycles. The van der Waals surface area contributed by atoms with E-state index >= 15 is 0 Å². The van der Waals surface area contributed by atoms with Crippen LogP contribution in [-0.2, 0) is 4.79 Å². The summed E-state index contributed by atoms with van der Waals surface area (Å²) in [5.41, 5.74) is 1.33. The maximum Gasteiger partial charge on any atom is 0.326 e. The summed E-state index contributed by atoms with van der Waals surface area (Å²) in [5.74, 6) is -1.45. The van der Waals surface area contributed by atoms with Crippen molar-refractivity contribution >= 4 is 27.8 Å². The van der Waals surface area contributed by atoms with E-state index in [0.29, 0.717) is 5.56 Å². The van der Waals surface area contributed by atoms with Gasteiger partial charge in [-0.25, -0.2) is 4.79 Å². The minimum atomic E-state index is -1.09. The fraction of sp³-hybridized carbons (Fsp3) is 0.385. The quantitative estimate of drug-likeness (QED) is 0.861. The van der Waals surface area contributed by atoms with Gasteiger partial charge in [-0.2, -0.15) is 0 Å². The molecule has 0 bridgehead atoms. The molecule has 6 heteroatoms. The van der Waals surface area contributed by atoms with E-state index in [1.54, 1.807) is 12.1 Å². The monoisotopic (exact) mass is 327 g/mol. The standard InChI is InChI=1S/C13H14BrNO4/c1-7-2-8(4-9(14)3-7)12(17)15-6-10(16)5-11(15)13(18)19/h2-4,10-11,16H,5-6H2,1H3,(H,18,19)/t10-,11-/m0/s1. The normalized spacial score (nSPS) is 22.6. The summed E-state index contributed by atoms with van der Waals surface area (Å²) in [5, 5.41) is 18.6. The number of halogens is 1. The molecule has 1 fully saturated rings. The number of β-amino-alcohol motifs (C(OH)–C–C–N with tert-alkyl or cyclic N) is 1. The predicted octanol–water partition coefficient (Wildman–Crippen LogP) is 1.42. The Kier molecular flexibility index (Phi) is 3.91. The molecule has 2 atom stereocenters. The first kappa shape index (κ1) is 14.0. The zero-order chi connectivity index (χ0) is 14.2. The number of amides is 1. The van der Waals surface area contributed by atoms with E-state index < -0.39 is 18.1 Å². The summed E-state index contributed by atoms with van der Waals surface area (Å²) in [6.45, 7) is 1.91. The molecule has 2 rings (SSSR count). The van der Waals surface area contributed by atoms with Crippen LogP contribution < -0.4 is 0 Å². The molecular weight excluding hydrogens is 314 g/mol. The Labute approximate surface area is 119 Å². The molecule has 1 heterocycles. The van der Waals surface area contributed by atoms with E-state index in [1.807, 2.05) is 13.0 Å². The second-order valence-corrected chi connectivity index (χ2v) is 5.63. The average molecular weight is 328 g/mol. The van der Waals surface area contributed by atoms with Gasteiger partial charge in [-0.1, -0.05) is 15.9 Å². The number of hydrogen-bond acceptors (Lipinski definition) is 3. The molecule has 0 spiro atoms. The van der Waals surface area contributed by atoms with Crippen LogP contribution in [0.15, 0.2) is 22.7 Å². The third kappa shape index (κ3) is 2.96. The van der Waals surface area contributed by atoms with E-state index in [-0.39, 0.29) is 18.9 Å². The number of carbonyl (C=O) groups excluding carboxylic acids is 1. The molecule has 1 aromatic rings. The van der Waals surface area contributed by atoms with Gasteiger partial charge in [0.15, 0.2) is 0 Å². The summed E-state index contributed by atoms with van der Waals surface area (Å²) >= 11 is 3.31. The average Bonchev–Trinajstić information content (AvgIpc) is 2.69. The summed E-state index contributed by atoms with van der Waals surface area (Å²) in [4.78, 5) is 24.7. The molecule has 0 saturated carbocycles. The van der Waals surface area contributed by atoms with Gasteiger partial charge in [-0.3, -0.25) is 4.79 Å². The molecule has 0 radical (unpaired) electrons. The van der Waals surface area contributed by atoms with E-state index in [2.05, 4.69) is 15.9 Å². The number of likely N-dealkylation sites (tertiary alicyclic amines) is 1. The van der Waals surface area contributed by atoms with Gasteiger partial charge in [0.1, 0.15) is 6.04 Å². The van der Waals surface area contributed by atoms with Gasteiger partial charge in [0.05, 0.1) is 6.10 Å². The molecule has 1 aromatic carbocycles. The van der Waals surface area contributed by atoms with Gasteiger partial charge in [0.2, 0.25) is 0 Å². The Morgan fingerprint density at radius 2 is 2.05 bits per heavy atom. The molecule has 0 unspecified atom stereocenters. The van der Waals surface area contributed by atoms with Crippen LogP contribution in [-0.4, -0.2) is 45.7 Å². The molecule has 1 amide bonds. The van der Waals surface area contributed by atoms with Gasteiger partial charge >= 0.3 is 5.97 Å². The zero-order valence-electron chi connectivity index (χ0n) is 10.3. The molecule has 1 aliphatic rings. The highest BCUT2D eigenvalue weighted by Gasteiger charge is 2.39. The number of carboxylic acids is 1. The number of aliphatic hydroxyl groups is 1. The Balaban J connectivity index is 2.30. The number of rotatable bonds is 2. The maximum atomic E-state index is 12.3. The Morgan fingerprint density at radius 3 is 2.63 bits per heavy atom. The van der Waals surface area contributed by atoms with Crippen molar-refractivity contribution in [2.45, 2.75) is 25.5 Å². The predicted molar refractivity (Wildman–Crippen MR) is 72.0 cm³/mol. The molecule has 0 aromatic heterocycles. The van der Waals surface area contributed by atoms with Crippen LogP contribution in [0.1, 0.15) is 22.3 Å². The summed E-state index contributed by atoms with van der Waals surface area (Å²) in [6, 6.07) is 4.27. The van der Waals surface area contributed by atoms with Crippen LogP contribution in [0, 0.1) is 6.92 Å². The molecule has 19 heavy (non-hydrogen) atoms. The highest BCUT2D eigenvalue weighted by molar-refractivity contribution is 9.10. The molecule has 0 aliphatic carbocycles. The van der Waals surface area contributed by atoms with E-state index in [0.717, 1.165) is 10.0 Å². The van der Waals surface area contributed by atoms with E-state index in [4.69, 9.17) is 5.11 Å². The molecule has 102 valence electrons. The number of aliphatic carboxylic acids is 1. The lowest BCUT2D eigenvalue weighted by molar-refractivity contribution is -0.141. The van der Waals surface area contributed by atoms with Crippen molar-refractivity contribution in [2.24, 2.45) is 0 Å². The SMILES string of the molecule is Cc1cc(Br)cc(C(=O)N2C[C@@H](O)C[C@H]2C(=O)O)c1. The van der Waals surface area contributed by atoms with Gasteiger partial charge in [0.25, 0.3) is 5.91 Å². The third-order valence-corrected chi connectivity index (χ3v) is 3.57. The minimum Gasteiger partial charge on any atom is -0.480 e. The number of aliphatic hydroxyl groups excluding tert-OH is 1. The first-order valence-corrected chi connectivity index (χ1v) is 6.67. The van der Waals surface area contributed by atoms with Gasteiger partial charge in [-0.15, -0.1) is 0 Å².